The highest BCUT2D eigenvalue weighted by molar-refractivity contribution is 5.73. The van der Waals surface area contributed by atoms with Gasteiger partial charge in [0.1, 0.15) is 6.61 Å². The number of para-hydroxylation sites is 2. The normalized spacial score (nSPS) is 20.2. The number of hydrogen-bond acceptors (Lipinski definition) is 5. The standard InChI is InChI=1S/C16H23NO4/c1-3-17-9-8-12(10-17)13(16(19)20-2)11-21-15-7-5-4-6-14(15)18/h4-7,12-13,18H,3,8-11H2,1-2H3. The summed E-state index contributed by atoms with van der Waals surface area (Å²) in [7, 11) is 1.40. The van der Waals surface area contributed by atoms with Crippen molar-refractivity contribution in [3.63, 3.8) is 0 Å². The van der Waals surface area contributed by atoms with Crippen molar-refractivity contribution in [1.29, 1.82) is 0 Å². The van der Waals surface area contributed by atoms with Crippen molar-refractivity contribution in [1.82, 2.24) is 4.90 Å². The van der Waals surface area contributed by atoms with Gasteiger partial charge in [-0.15, -0.1) is 0 Å². The summed E-state index contributed by atoms with van der Waals surface area (Å²) in [6.45, 7) is 5.23. The number of nitrogens with zero attached hydrogens (tertiary/aromatic N) is 1. The van der Waals surface area contributed by atoms with Crippen molar-refractivity contribution in [2.24, 2.45) is 11.8 Å². The Hall–Kier alpha value is -1.75. The van der Waals surface area contributed by atoms with E-state index in [0.717, 1.165) is 26.1 Å². The first kappa shape index (κ1) is 15.6. The molecule has 0 amide bonds. The van der Waals surface area contributed by atoms with Gasteiger partial charge in [-0.2, -0.15) is 0 Å². The largest absolute Gasteiger partial charge is 0.504 e. The van der Waals surface area contributed by atoms with Crippen molar-refractivity contribution >= 4 is 5.97 Å². The van der Waals surface area contributed by atoms with Crippen molar-refractivity contribution in [3.05, 3.63) is 24.3 Å². The molecule has 1 aromatic carbocycles. The van der Waals surface area contributed by atoms with Crippen LogP contribution in [0.5, 0.6) is 11.5 Å². The fourth-order valence-corrected chi connectivity index (χ4v) is 2.78. The van der Waals surface area contributed by atoms with Gasteiger partial charge in [-0.1, -0.05) is 19.1 Å². The lowest BCUT2D eigenvalue weighted by atomic mass is 9.92. The molecule has 0 aromatic heterocycles. The minimum Gasteiger partial charge on any atom is -0.504 e. The molecule has 1 heterocycles. The Morgan fingerprint density at radius 2 is 2.24 bits per heavy atom. The SMILES string of the molecule is CCN1CCC(C(COc2ccccc2O)C(=O)OC)C1. The number of rotatable bonds is 6. The number of phenolic OH excluding ortho intramolecular Hbond substituents is 1. The molecule has 1 N–H and O–H groups in total. The zero-order chi connectivity index (χ0) is 15.2. The lowest BCUT2D eigenvalue weighted by Crippen LogP contribution is -2.32. The van der Waals surface area contributed by atoms with Gasteiger partial charge in [-0.3, -0.25) is 4.79 Å². The number of carbonyl (C=O) groups is 1. The minimum absolute atomic E-state index is 0.0859. The average molecular weight is 293 g/mol. The molecule has 2 rings (SSSR count). The van der Waals surface area contributed by atoms with E-state index in [4.69, 9.17) is 9.47 Å². The third kappa shape index (κ3) is 3.88. The molecule has 1 fully saturated rings. The van der Waals surface area contributed by atoms with E-state index in [2.05, 4.69) is 11.8 Å². The minimum atomic E-state index is -0.300. The van der Waals surface area contributed by atoms with Crippen LogP contribution >= 0.6 is 0 Å². The maximum absolute atomic E-state index is 12.0. The second-order valence-corrected chi connectivity index (χ2v) is 5.35. The van der Waals surface area contributed by atoms with Gasteiger partial charge >= 0.3 is 5.97 Å². The predicted octanol–water partition coefficient (Wildman–Crippen LogP) is 1.90. The fraction of sp³-hybridized carbons (Fsp3) is 0.562. The fourth-order valence-electron chi connectivity index (χ4n) is 2.78. The predicted molar refractivity (Wildman–Crippen MR) is 79.3 cm³/mol. The van der Waals surface area contributed by atoms with Gasteiger partial charge in [0.2, 0.25) is 0 Å². The van der Waals surface area contributed by atoms with E-state index in [0.29, 0.717) is 5.75 Å². The van der Waals surface area contributed by atoms with Crippen LogP contribution in [0.2, 0.25) is 0 Å². The third-order valence-electron chi connectivity index (χ3n) is 4.11. The number of methoxy groups -OCH3 is 1. The highest BCUT2D eigenvalue weighted by Gasteiger charge is 2.34. The quantitative estimate of drug-likeness (QED) is 0.812. The topological polar surface area (TPSA) is 59.0 Å². The summed E-state index contributed by atoms with van der Waals surface area (Å²) in [6.07, 6.45) is 0.970. The zero-order valence-corrected chi connectivity index (χ0v) is 12.6. The summed E-state index contributed by atoms with van der Waals surface area (Å²) in [5.41, 5.74) is 0. The Balaban J connectivity index is 2.00. The van der Waals surface area contributed by atoms with Crippen LogP contribution in [0.15, 0.2) is 24.3 Å². The second kappa shape index (κ2) is 7.31. The molecular formula is C16H23NO4. The Labute approximate surface area is 125 Å². The number of carbonyl (C=O) groups excluding carboxylic acids is 1. The number of likely N-dealkylation sites (tertiary alicyclic amines) is 1. The Kier molecular flexibility index (Phi) is 5.44. The first-order chi connectivity index (χ1) is 10.2. The summed E-state index contributed by atoms with van der Waals surface area (Å²) in [5, 5.41) is 9.72. The van der Waals surface area contributed by atoms with E-state index in [1.807, 2.05) is 0 Å². The molecule has 2 atom stereocenters. The van der Waals surface area contributed by atoms with Crippen LogP contribution in [0.25, 0.3) is 0 Å². The van der Waals surface area contributed by atoms with Crippen LogP contribution in [0.4, 0.5) is 0 Å². The summed E-state index contributed by atoms with van der Waals surface area (Å²) in [6, 6.07) is 6.78. The van der Waals surface area contributed by atoms with Crippen molar-refractivity contribution < 1.29 is 19.4 Å². The number of phenols is 1. The molecule has 0 bridgehead atoms. The summed E-state index contributed by atoms with van der Waals surface area (Å²) in [5.74, 6) is 0.183. The second-order valence-electron chi connectivity index (χ2n) is 5.35. The van der Waals surface area contributed by atoms with E-state index in [1.54, 1.807) is 24.3 Å². The first-order valence-electron chi connectivity index (χ1n) is 7.36. The van der Waals surface area contributed by atoms with Crippen LogP contribution in [-0.4, -0.2) is 49.3 Å². The Morgan fingerprint density at radius 3 is 2.86 bits per heavy atom. The molecule has 1 aliphatic rings. The van der Waals surface area contributed by atoms with Gasteiger partial charge in [0.15, 0.2) is 11.5 Å². The highest BCUT2D eigenvalue weighted by Crippen LogP contribution is 2.29. The maximum atomic E-state index is 12.0. The first-order valence-corrected chi connectivity index (χ1v) is 7.36. The van der Waals surface area contributed by atoms with Crippen LogP contribution in [0.1, 0.15) is 13.3 Å². The monoisotopic (exact) mass is 293 g/mol. The van der Waals surface area contributed by atoms with Crippen LogP contribution in [0.3, 0.4) is 0 Å². The van der Waals surface area contributed by atoms with Crippen LogP contribution < -0.4 is 4.74 Å². The van der Waals surface area contributed by atoms with Crippen molar-refractivity contribution in [2.75, 3.05) is 33.4 Å². The van der Waals surface area contributed by atoms with Crippen molar-refractivity contribution in [2.45, 2.75) is 13.3 Å². The van der Waals surface area contributed by atoms with Gasteiger partial charge in [0.25, 0.3) is 0 Å². The van der Waals surface area contributed by atoms with Gasteiger partial charge in [0.05, 0.1) is 13.0 Å². The molecule has 0 saturated carbocycles. The lowest BCUT2D eigenvalue weighted by molar-refractivity contribution is -0.148. The van der Waals surface area contributed by atoms with E-state index in [1.165, 1.54) is 7.11 Å². The average Bonchev–Trinajstić information content (AvgIpc) is 2.97. The molecule has 0 radical (unpaired) electrons. The third-order valence-corrected chi connectivity index (χ3v) is 4.11. The molecule has 5 nitrogen and oxygen atoms in total. The number of esters is 1. The zero-order valence-electron chi connectivity index (χ0n) is 12.6. The molecule has 1 saturated heterocycles. The highest BCUT2D eigenvalue weighted by atomic mass is 16.5. The Morgan fingerprint density at radius 1 is 1.48 bits per heavy atom. The number of aromatic hydroxyl groups is 1. The van der Waals surface area contributed by atoms with Crippen LogP contribution in [-0.2, 0) is 9.53 Å². The summed E-state index contributed by atoms with van der Waals surface area (Å²) < 4.78 is 10.5. The smallest absolute Gasteiger partial charge is 0.312 e. The molecule has 5 heteroatoms. The molecule has 1 aliphatic heterocycles. The van der Waals surface area contributed by atoms with Crippen molar-refractivity contribution in [3.8, 4) is 11.5 Å². The van der Waals surface area contributed by atoms with Gasteiger partial charge < -0.3 is 19.5 Å². The number of ether oxygens (including phenoxy) is 2. The lowest BCUT2D eigenvalue weighted by Gasteiger charge is -2.22. The van der Waals surface area contributed by atoms with Gasteiger partial charge in [-0.25, -0.2) is 0 Å². The number of hydrogen-bond donors (Lipinski definition) is 1. The van der Waals surface area contributed by atoms with Crippen LogP contribution in [0, 0.1) is 11.8 Å². The molecule has 0 aliphatic carbocycles. The van der Waals surface area contributed by atoms with Gasteiger partial charge in [-0.05, 0) is 37.6 Å². The molecule has 2 unspecified atom stereocenters. The molecule has 0 spiro atoms. The van der Waals surface area contributed by atoms with E-state index in [-0.39, 0.29) is 30.2 Å². The molecule has 21 heavy (non-hydrogen) atoms. The summed E-state index contributed by atoms with van der Waals surface area (Å²) in [4.78, 5) is 14.3. The van der Waals surface area contributed by atoms with E-state index >= 15 is 0 Å². The molecule has 1 aromatic rings. The molecule has 116 valence electrons. The van der Waals surface area contributed by atoms with Gasteiger partial charge in [0, 0.05) is 6.54 Å². The summed E-state index contributed by atoms with van der Waals surface area (Å²) >= 11 is 0. The van der Waals surface area contributed by atoms with E-state index < -0.39 is 0 Å². The number of benzene rings is 1. The maximum Gasteiger partial charge on any atom is 0.312 e. The Bertz CT molecular complexity index is 477. The van der Waals surface area contributed by atoms with E-state index in [9.17, 15) is 9.90 Å². The molecular weight excluding hydrogens is 270 g/mol.